The minimum Gasteiger partial charge on any atom is -0.494 e. The van der Waals surface area contributed by atoms with E-state index in [1.54, 1.807) is 31.1 Å². The SMILES string of the molecule is CCOc1ccc(-c2cc3c(SCC(=O)NCCc4ccc(OC)c(OC)c4)nccn3n2)cc1. The van der Waals surface area contributed by atoms with Crippen molar-refractivity contribution in [3.63, 3.8) is 0 Å². The van der Waals surface area contributed by atoms with Crippen LogP contribution in [0.25, 0.3) is 16.8 Å². The molecule has 2 aromatic carbocycles. The Kier molecular flexibility index (Phi) is 8.10. The topological polar surface area (TPSA) is 87.0 Å². The summed E-state index contributed by atoms with van der Waals surface area (Å²) in [7, 11) is 3.21. The van der Waals surface area contributed by atoms with E-state index in [2.05, 4.69) is 15.4 Å². The average Bonchev–Trinajstić information content (AvgIpc) is 3.33. The summed E-state index contributed by atoms with van der Waals surface area (Å²) < 4.78 is 17.9. The van der Waals surface area contributed by atoms with Crippen molar-refractivity contribution >= 4 is 23.2 Å². The van der Waals surface area contributed by atoms with Crippen molar-refractivity contribution in [2.75, 3.05) is 33.1 Å². The van der Waals surface area contributed by atoms with Crippen LogP contribution in [0.3, 0.4) is 0 Å². The van der Waals surface area contributed by atoms with Crippen LogP contribution >= 0.6 is 11.8 Å². The molecule has 0 aliphatic heterocycles. The van der Waals surface area contributed by atoms with Crippen molar-refractivity contribution in [2.45, 2.75) is 18.4 Å². The van der Waals surface area contributed by atoms with E-state index in [0.717, 1.165) is 33.1 Å². The summed E-state index contributed by atoms with van der Waals surface area (Å²) in [5, 5.41) is 8.38. The summed E-state index contributed by atoms with van der Waals surface area (Å²) in [6.45, 7) is 3.12. The van der Waals surface area contributed by atoms with E-state index >= 15 is 0 Å². The number of hydrogen-bond donors (Lipinski definition) is 1. The number of methoxy groups -OCH3 is 2. The molecule has 35 heavy (non-hydrogen) atoms. The van der Waals surface area contributed by atoms with Crippen LogP contribution in [-0.4, -0.2) is 53.6 Å². The van der Waals surface area contributed by atoms with Gasteiger partial charge in [-0.2, -0.15) is 5.10 Å². The predicted molar refractivity (Wildman–Crippen MR) is 137 cm³/mol. The number of benzene rings is 2. The van der Waals surface area contributed by atoms with Gasteiger partial charge in [-0.15, -0.1) is 0 Å². The van der Waals surface area contributed by atoms with Gasteiger partial charge in [0.2, 0.25) is 5.91 Å². The largest absolute Gasteiger partial charge is 0.494 e. The van der Waals surface area contributed by atoms with Crippen LogP contribution < -0.4 is 19.5 Å². The molecule has 4 rings (SSSR count). The lowest BCUT2D eigenvalue weighted by Crippen LogP contribution is -2.27. The van der Waals surface area contributed by atoms with Crippen LogP contribution in [0.5, 0.6) is 17.2 Å². The van der Waals surface area contributed by atoms with E-state index in [0.29, 0.717) is 31.1 Å². The van der Waals surface area contributed by atoms with Crippen molar-refractivity contribution < 1.29 is 19.0 Å². The lowest BCUT2D eigenvalue weighted by atomic mass is 10.1. The lowest BCUT2D eigenvalue weighted by Gasteiger charge is -2.10. The number of ether oxygens (including phenoxy) is 3. The van der Waals surface area contributed by atoms with Gasteiger partial charge in [0, 0.05) is 24.5 Å². The first kappa shape index (κ1) is 24.4. The highest BCUT2D eigenvalue weighted by Crippen LogP contribution is 2.28. The molecule has 2 heterocycles. The van der Waals surface area contributed by atoms with E-state index in [-0.39, 0.29) is 11.7 Å². The average molecular weight is 493 g/mol. The van der Waals surface area contributed by atoms with Gasteiger partial charge < -0.3 is 19.5 Å². The van der Waals surface area contributed by atoms with Crippen LogP contribution in [0.15, 0.2) is 66.0 Å². The monoisotopic (exact) mass is 492 g/mol. The highest BCUT2D eigenvalue weighted by Gasteiger charge is 2.12. The van der Waals surface area contributed by atoms with E-state index in [1.165, 1.54) is 11.8 Å². The number of nitrogens with zero attached hydrogens (tertiary/aromatic N) is 3. The Balaban J connectivity index is 1.34. The third kappa shape index (κ3) is 6.05. The smallest absolute Gasteiger partial charge is 0.230 e. The van der Waals surface area contributed by atoms with E-state index in [4.69, 9.17) is 14.2 Å². The van der Waals surface area contributed by atoms with Crippen LogP contribution in [0.2, 0.25) is 0 Å². The number of aromatic nitrogens is 3. The molecule has 1 N–H and O–H groups in total. The van der Waals surface area contributed by atoms with Gasteiger partial charge in [0.05, 0.1) is 37.8 Å². The molecule has 0 aliphatic rings. The third-order valence-corrected chi connectivity index (χ3v) is 6.33. The first-order valence-corrected chi connectivity index (χ1v) is 12.3. The zero-order valence-electron chi connectivity index (χ0n) is 20.0. The number of fused-ring (bicyclic) bond motifs is 1. The summed E-state index contributed by atoms with van der Waals surface area (Å²) in [6.07, 6.45) is 4.19. The molecule has 0 atom stereocenters. The highest BCUT2D eigenvalue weighted by molar-refractivity contribution is 8.00. The van der Waals surface area contributed by atoms with Crippen LogP contribution in [-0.2, 0) is 11.2 Å². The maximum atomic E-state index is 12.4. The second kappa shape index (κ2) is 11.6. The van der Waals surface area contributed by atoms with E-state index < -0.39 is 0 Å². The van der Waals surface area contributed by atoms with Gasteiger partial charge in [-0.25, -0.2) is 9.50 Å². The molecule has 0 unspecified atom stereocenters. The second-order valence-electron chi connectivity index (χ2n) is 7.63. The summed E-state index contributed by atoms with van der Waals surface area (Å²) >= 11 is 1.39. The molecule has 2 aromatic heterocycles. The van der Waals surface area contributed by atoms with E-state index in [1.807, 2.05) is 55.5 Å². The van der Waals surface area contributed by atoms with E-state index in [9.17, 15) is 4.79 Å². The third-order valence-electron chi connectivity index (χ3n) is 5.34. The Morgan fingerprint density at radius 1 is 1.06 bits per heavy atom. The minimum atomic E-state index is -0.0504. The molecule has 0 radical (unpaired) electrons. The molecule has 0 bridgehead atoms. The van der Waals surface area contributed by atoms with Gasteiger partial charge in [-0.1, -0.05) is 17.8 Å². The quantitative estimate of drug-likeness (QED) is 0.313. The maximum Gasteiger partial charge on any atom is 0.230 e. The molecule has 0 saturated heterocycles. The fourth-order valence-electron chi connectivity index (χ4n) is 3.61. The van der Waals surface area contributed by atoms with Crippen LogP contribution in [0.4, 0.5) is 0 Å². The molecular formula is C26H28N4O4S. The number of thioether (sulfide) groups is 1. The summed E-state index contributed by atoms with van der Waals surface area (Å²) in [6, 6.07) is 15.6. The zero-order valence-corrected chi connectivity index (χ0v) is 20.8. The lowest BCUT2D eigenvalue weighted by molar-refractivity contribution is -0.118. The van der Waals surface area contributed by atoms with Gasteiger partial charge in [-0.05, 0) is 61.4 Å². The summed E-state index contributed by atoms with van der Waals surface area (Å²) in [4.78, 5) is 16.9. The van der Waals surface area contributed by atoms with Crippen LogP contribution in [0.1, 0.15) is 12.5 Å². The molecule has 182 valence electrons. The molecule has 9 heteroatoms. The predicted octanol–water partition coefficient (Wildman–Crippen LogP) is 4.26. The normalized spacial score (nSPS) is 10.8. The molecular weight excluding hydrogens is 464 g/mol. The maximum absolute atomic E-state index is 12.4. The first-order valence-electron chi connectivity index (χ1n) is 11.3. The summed E-state index contributed by atoms with van der Waals surface area (Å²) in [5.41, 5.74) is 3.74. The summed E-state index contributed by atoms with van der Waals surface area (Å²) in [5.74, 6) is 2.41. The molecule has 0 spiro atoms. The van der Waals surface area contributed by atoms with Gasteiger partial charge in [0.1, 0.15) is 10.8 Å². The second-order valence-corrected chi connectivity index (χ2v) is 8.59. The molecule has 0 aliphatic carbocycles. The molecule has 1 amide bonds. The molecule has 4 aromatic rings. The highest BCUT2D eigenvalue weighted by atomic mass is 32.2. The van der Waals surface area contributed by atoms with Crippen molar-refractivity contribution in [3.05, 3.63) is 66.5 Å². The van der Waals surface area contributed by atoms with Gasteiger partial charge in [0.25, 0.3) is 0 Å². The Labute approximate surface area is 208 Å². The van der Waals surface area contributed by atoms with Gasteiger partial charge in [-0.3, -0.25) is 4.79 Å². The first-order chi connectivity index (χ1) is 17.1. The minimum absolute atomic E-state index is 0.0504. The number of carbonyl (C=O) groups excluding carboxylic acids is 1. The van der Waals surface area contributed by atoms with Crippen molar-refractivity contribution in [3.8, 4) is 28.5 Å². The number of hydrogen-bond acceptors (Lipinski definition) is 7. The Hall–Kier alpha value is -3.72. The Bertz CT molecular complexity index is 1290. The molecule has 8 nitrogen and oxygen atoms in total. The molecule has 0 saturated carbocycles. The zero-order chi connectivity index (χ0) is 24.6. The number of rotatable bonds is 11. The van der Waals surface area contributed by atoms with Crippen molar-refractivity contribution in [2.24, 2.45) is 0 Å². The Morgan fingerprint density at radius 2 is 1.86 bits per heavy atom. The van der Waals surface area contributed by atoms with Crippen LogP contribution in [0, 0.1) is 0 Å². The standard InChI is InChI=1S/C26H28N4O4S/c1-4-34-20-8-6-19(7-9-20)21-16-22-26(28-13-14-30(22)29-21)35-17-25(31)27-12-11-18-5-10-23(32-2)24(15-18)33-3/h5-10,13-16H,4,11-12,17H2,1-3H3,(H,27,31). The fourth-order valence-corrected chi connectivity index (χ4v) is 4.41. The fraction of sp³-hybridized carbons (Fsp3) is 0.269. The van der Waals surface area contributed by atoms with Crippen molar-refractivity contribution in [1.82, 2.24) is 19.9 Å². The number of nitrogens with one attached hydrogen (secondary N) is 1. The van der Waals surface area contributed by atoms with Crippen molar-refractivity contribution in [1.29, 1.82) is 0 Å². The number of amides is 1. The van der Waals surface area contributed by atoms with Gasteiger partial charge in [0.15, 0.2) is 11.5 Å². The Morgan fingerprint density at radius 3 is 2.60 bits per heavy atom. The number of carbonyl (C=O) groups is 1. The van der Waals surface area contributed by atoms with Gasteiger partial charge >= 0.3 is 0 Å². The molecule has 0 fully saturated rings.